The van der Waals surface area contributed by atoms with E-state index in [9.17, 15) is 14.4 Å². The molecule has 0 bridgehead atoms. The number of nitrogens with one attached hydrogen (secondary N) is 1. The Labute approximate surface area is 236 Å². The van der Waals surface area contributed by atoms with E-state index < -0.39 is 11.9 Å². The molecule has 1 atom stereocenters. The van der Waals surface area contributed by atoms with Gasteiger partial charge < -0.3 is 14.5 Å². The predicted octanol–water partition coefficient (Wildman–Crippen LogP) is 3.72. The lowest BCUT2D eigenvalue weighted by atomic mass is 9.89. The van der Waals surface area contributed by atoms with E-state index in [2.05, 4.69) is 39.4 Å². The number of benzene rings is 2. The summed E-state index contributed by atoms with van der Waals surface area (Å²) in [7, 11) is 0. The number of carbonyl (C=O) groups is 3. The number of piperazine rings is 1. The summed E-state index contributed by atoms with van der Waals surface area (Å²) in [6.45, 7) is 7.59. The topological polar surface area (TPSA) is 82.2 Å². The van der Waals surface area contributed by atoms with Crippen molar-refractivity contribution in [1.82, 2.24) is 20.0 Å². The first kappa shape index (κ1) is 27.0. The van der Waals surface area contributed by atoms with Gasteiger partial charge in [0.1, 0.15) is 18.4 Å². The third-order valence-corrected chi connectivity index (χ3v) is 9.07. The molecule has 0 aromatic heterocycles. The number of nitrogens with zero attached hydrogens (tertiary/aromatic N) is 3. The fraction of sp³-hybridized carbons (Fsp3) is 0.531. The van der Waals surface area contributed by atoms with Gasteiger partial charge >= 0.3 is 0 Å². The summed E-state index contributed by atoms with van der Waals surface area (Å²) in [5.41, 5.74) is 3.76. The fourth-order valence-corrected chi connectivity index (χ4v) is 6.72. The van der Waals surface area contributed by atoms with Gasteiger partial charge in [-0.15, -0.1) is 0 Å². The highest BCUT2D eigenvalue weighted by Gasteiger charge is 2.40. The van der Waals surface area contributed by atoms with Crippen LogP contribution in [0.25, 0.3) is 0 Å². The number of imide groups is 1. The molecule has 3 aliphatic heterocycles. The molecule has 2 aromatic carbocycles. The molecule has 4 aliphatic rings. The molecule has 8 nitrogen and oxygen atoms in total. The Morgan fingerprint density at radius 2 is 1.55 bits per heavy atom. The van der Waals surface area contributed by atoms with E-state index in [4.69, 9.17) is 4.74 Å². The normalized spacial score (nSPS) is 22.9. The van der Waals surface area contributed by atoms with Crippen LogP contribution in [0.2, 0.25) is 0 Å². The SMILES string of the molecule is O=C1CC[C@H](N2Cc3c(OCc4ccc(CN5CCN(CC6CCCCC6)CC5)cc4)cccc3C2=O)C(=O)N1. The second kappa shape index (κ2) is 12.1. The lowest BCUT2D eigenvalue weighted by Crippen LogP contribution is -2.52. The van der Waals surface area contributed by atoms with E-state index in [1.165, 1.54) is 57.3 Å². The number of fused-ring (bicyclic) bond motifs is 1. The molecule has 1 aliphatic carbocycles. The molecular formula is C32H40N4O4. The number of amides is 3. The van der Waals surface area contributed by atoms with E-state index >= 15 is 0 Å². The molecule has 3 heterocycles. The van der Waals surface area contributed by atoms with Crippen molar-refractivity contribution in [2.75, 3.05) is 32.7 Å². The average Bonchev–Trinajstić information content (AvgIpc) is 3.31. The highest BCUT2D eigenvalue weighted by Crippen LogP contribution is 2.34. The molecule has 40 heavy (non-hydrogen) atoms. The van der Waals surface area contributed by atoms with Crippen LogP contribution >= 0.6 is 0 Å². The Morgan fingerprint density at radius 3 is 2.30 bits per heavy atom. The highest BCUT2D eigenvalue weighted by atomic mass is 16.5. The summed E-state index contributed by atoms with van der Waals surface area (Å²) in [5.74, 6) is 0.705. The summed E-state index contributed by atoms with van der Waals surface area (Å²) in [5, 5.41) is 2.35. The Hall–Kier alpha value is -3.23. The van der Waals surface area contributed by atoms with Gasteiger partial charge in [0.25, 0.3) is 5.91 Å². The van der Waals surface area contributed by atoms with Crippen molar-refractivity contribution >= 4 is 17.7 Å². The summed E-state index contributed by atoms with van der Waals surface area (Å²) >= 11 is 0. The van der Waals surface area contributed by atoms with Crippen molar-refractivity contribution in [2.45, 2.75) is 70.7 Å². The second-order valence-electron chi connectivity index (χ2n) is 11.9. The van der Waals surface area contributed by atoms with Crippen LogP contribution in [0.15, 0.2) is 42.5 Å². The van der Waals surface area contributed by atoms with Crippen molar-refractivity contribution in [3.05, 3.63) is 64.7 Å². The predicted molar refractivity (Wildman–Crippen MR) is 152 cm³/mol. The van der Waals surface area contributed by atoms with Crippen LogP contribution in [0.3, 0.4) is 0 Å². The Balaban J connectivity index is 0.995. The number of piperidine rings is 1. The first-order valence-corrected chi connectivity index (χ1v) is 15.0. The molecule has 8 heteroatoms. The third kappa shape index (κ3) is 6.08. The molecular weight excluding hydrogens is 504 g/mol. The molecule has 2 aromatic rings. The van der Waals surface area contributed by atoms with Gasteiger partial charge in [-0.05, 0) is 48.4 Å². The maximum atomic E-state index is 13.1. The maximum Gasteiger partial charge on any atom is 0.255 e. The first-order valence-electron chi connectivity index (χ1n) is 15.0. The number of hydrogen-bond acceptors (Lipinski definition) is 6. The summed E-state index contributed by atoms with van der Waals surface area (Å²) < 4.78 is 6.18. The van der Waals surface area contributed by atoms with Gasteiger partial charge in [-0.1, -0.05) is 49.6 Å². The minimum Gasteiger partial charge on any atom is -0.489 e. The minimum absolute atomic E-state index is 0.186. The second-order valence-corrected chi connectivity index (χ2v) is 11.9. The molecule has 6 rings (SSSR count). The molecule has 1 N–H and O–H groups in total. The van der Waals surface area contributed by atoms with Crippen LogP contribution in [-0.2, 0) is 29.3 Å². The van der Waals surface area contributed by atoms with Gasteiger partial charge in [-0.25, -0.2) is 0 Å². The van der Waals surface area contributed by atoms with E-state index in [1.807, 2.05) is 12.1 Å². The lowest BCUT2D eigenvalue weighted by molar-refractivity contribution is -0.136. The first-order chi connectivity index (χ1) is 19.5. The van der Waals surface area contributed by atoms with Gasteiger partial charge in [0.05, 0.1) is 6.54 Å². The monoisotopic (exact) mass is 544 g/mol. The summed E-state index contributed by atoms with van der Waals surface area (Å²) in [6, 6.07) is 13.5. The van der Waals surface area contributed by atoms with Crippen LogP contribution in [0.5, 0.6) is 5.75 Å². The van der Waals surface area contributed by atoms with Crippen LogP contribution in [0.4, 0.5) is 0 Å². The molecule has 3 fully saturated rings. The van der Waals surface area contributed by atoms with Crippen molar-refractivity contribution in [3.8, 4) is 5.75 Å². The summed E-state index contributed by atoms with van der Waals surface area (Å²) in [4.78, 5) is 43.8. The number of ether oxygens (including phenoxy) is 1. The Morgan fingerprint density at radius 1 is 0.825 bits per heavy atom. The zero-order valence-electron chi connectivity index (χ0n) is 23.3. The molecule has 3 amide bonds. The largest absolute Gasteiger partial charge is 0.489 e. The quantitative estimate of drug-likeness (QED) is 0.510. The van der Waals surface area contributed by atoms with Crippen LogP contribution < -0.4 is 10.1 Å². The Kier molecular flexibility index (Phi) is 8.16. The van der Waals surface area contributed by atoms with Crippen molar-refractivity contribution in [1.29, 1.82) is 0 Å². The average molecular weight is 545 g/mol. The van der Waals surface area contributed by atoms with Gasteiger partial charge in [0.2, 0.25) is 11.8 Å². The Bertz CT molecular complexity index is 1230. The lowest BCUT2D eigenvalue weighted by Gasteiger charge is -2.37. The minimum atomic E-state index is -0.627. The van der Waals surface area contributed by atoms with Crippen LogP contribution in [-0.4, -0.2) is 71.2 Å². The molecule has 0 radical (unpaired) electrons. The maximum absolute atomic E-state index is 13.1. The van der Waals surface area contributed by atoms with Crippen molar-refractivity contribution in [2.24, 2.45) is 5.92 Å². The van der Waals surface area contributed by atoms with Crippen molar-refractivity contribution in [3.63, 3.8) is 0 Å². The molecule has 0 unspecified atom stereocenters. The fourth-order valence-electron chi connectivity index (χ4n) is 6.72. The molecule has 2 saturated heterocycles. The van der Waals surface area contributed by atoms with Crippen molar-refractivity contribution < 1.29 is 19.1 Å². The van der Waals surface area contributed by atoms with Gasteiger partial charge in [-0.2, -0.15) is 0 Å². The van der Waals surface area contributed by atoms with Crippen LogP contribution in [0.1, 0.15) is 72.0 Å². The number of hydrogen-bond donors (Lipinski definition) is 1. The van der Waals surface area contributed by atoms with Crippen LogP contribution in [0, 0.1) is 5.92 Å². The van der Waals surface area contributed by atoms with E-state index in [-0.39, 0.29) is 18.2 Å². The van der Waals surface area contributed by atoms with E-state index in [0.29, 0.717) is 30.9 Å². The molecule has 212 valence electrons. The molecule has 0 spiro atoms. The summed E-state index contributed by atoms with van der Waals surface area (Å²) in [6.07, 6.45) is 7.69. The van der Waals surface area contributed by atoms with Gasteiger partial charge in [0.15, 0.2) is 0 Å². The smallest absolute Gasteiger partial charge is 0.255 e. The zero-order valence-corrected chi connectivity index (χ0v) is 23.3. The number of rotatable bonds is 8. The van der Waals surface area contributed by atoms with Gasteiger partial charge in [-0.3, -0.25) is 24.6 Å². The van der Waals surface area contributed by atoms with E-state index in [0.717, 1.165) is 36.7 Å². The standard InChI is InChI=1S/C32H40N4O4/c37-30-14-13-28(31(38)33-30)36-21-27-26(32(36)39)7-4-8-29(27)40-22-25-11-9-24(10-12-25)20-35-17-15-34(16-18-35)19-23-5-2-1-3-6-23/h4,7-12,23,28H,1-3,5-6,13-22H2,(H,33,37,38)/t28-/m0/s1. The third-order valence-electron chi connectivity index (χ3n) is 9.07. The molecule has 1 saturated carbocycles. The number of carbonyl (C=O) groups excluding carboxylic acids is 3. The van der Waals surface area contributed by atoms with E-state index in [1.54, 1.807) is 11.0 Å². The zero-order chi connectivity index (χ0) is 27.5. The van der Waals surface area contributed by atoms with Gasteiger partial charge in [0, 0.05) is 56.8 Å². The highest BCUT2D eigenvalue weighted by molar-refractivity contribution is 6.05.